The minimum Gasteiger partial charge on any atom is -0.480 e. The van der Waals surface area contributed by atoms with Crippen LogP contribution in [0.4, 0.5) is 10.1 Å². The predicted octanol–water partition coefficient (Wildman–Crippen LogP) is 2.57. The van der Waals surface area contributed by atoms with Gasteiger partial charge in [0.25, 0.3) is 0 Å². The maximum Gasteiger partial charge on any atom is 0.327 e. The van der Waals surface area contributed by atoms with Crippen molar-refractivity contribution in [2.24, 2.45) is 0 Å². The number of carbonyl (C=O) groups is 4. The predicted molar refractivity (Wildman–Crippen MR) is 141 cm³/mol. The Morgan fingerprint density at radius 1 is 0.949 bits per heavy atom. The fourth-order valence-electron chi connectivity index (χ4n) is 5.33. The monoisotopic (exact) mass is 529 g/mol. The van der Waals surface area contributed by atoms with E-state index in [9.17, 15) is 28.7 Å². The highest BCUT2D eigenvalue weighted by Crippen LogP contribution is 2.39. The van der Waals surface area contributed by atoms with E-state index in [-0.39, 0.29) is 31.6 Å². The highest BCUT2D eigenvalue weighted by atomic mass is 19.1. The summed E-state index contributed by atoms with van der Waals surface area (Å²) in [5.74, 6) is -2.97. The number of para-hydroxylation sites is 1. The van der Waals surface area contributed by atoms with Crippen LogP contribution in [0.5, 0.6) is 0 Å². The molecule has 3 N–H and O–H groups in total. The van der Waals surface area contributed by atoms with Crippen LogP contribution in [0.1, 0.15) is 28.7 Å². The molecule has 0 aliphatic carbocycles. The smallest absolute Gasteiger partial charge is 0.327 e. The van der Waals surface area contributed by atoms with E-state index in [0.717, 1.165) is 16.7 Å². The Kier molecular flexibility index (Phi) is 7.40. The van der Waals surface area contributed by atoms with Gasteiger partial charge in [-0.2, -0.15) is 0 Å². The molecule has 200 valence electrons. The molecule has 0 fully saturated rings. The Labute approximate surface area is 224 Å². The largest absolute Gasteiger partial charge is 0.480 e. The summed E-state index contributed by atoms with van der Waals surface area (Å²) < 4.78 is 13.5. The average molecular weight is 530 g/mol. The SMILES string of the molecule is O=C(Cc1ccccc1)N[C@@H](Cc1ccc(F)cc1)C(=O)N[C@H]1CCc2cccc3c2N(C1=O)[C@H](C(=O)O)C3. The zero-order valence-corrected chi connectivity index (χ0v) is 21.1. The van der Waals surface area contributed by atoms with Crippen LogP contribution in [0.25, 0.3) is 0 Å². The second-order valence-corrected chi connectivity index (χ2v) is 9.90. The molecular formula is C30H28FN3O5. The van der Waals surface area contributed by atoms with Crippen LogP contribution in [0, 0.1) is 5.82 Å². The fourth-order valence-corrected chi connectivity index (χ4v) is 5.33. The number of hydrogen-bond donors (Lipinski definition) is 3. The lowest BCUT2D eigenvalue weighted by molar-refractivity contribution is -0.140. The van der Waals surface area contributed by atoms with Gasteiger partial charge in [-0.15, -0.1) is 0 Å². The van der Waals surface area contributed by atoms with Gasteiger partial charge in [-0.25, -0.2) is 9.18 Å². The van der Waals surface area contributed by atoms with E-state index in [2.05, 4.69) is 10.6 Å². The first-order valence-corrected chi connectivity index (χ1v) is 12.8. The Hall–Kier alpha value is -4.53. The van der Waals surface area contributed by atoms with Crippen molar-refractivity contribution in [3.63, 3.8) is 0 Å². The number of rotatable bonds is 8. The summed E-state index contributed by atoms with van der Waals surface area (Å²) in [4.78, 5) is 53.3. The number of carbonyl (C=O) groups excluding carboxylic acids is 3. The van der Waals surface area contributed by atoms with Crippen molar-refractivity contribution in [3.8, 4) is 0 Å². The number of halogens is 1. The molecule has 3 atom stereocenters. The molecule has 0 spiro atoms. The normalized spacial score (nSPS) is 18.6. The zero-order chi connectivity index (χ0) is 27.5. The Morgan fingerprint density at radius 3 is 2.38 bits per heavy atom. The van der Waals surface area contributed by atoms with E-state index in [1.807, 2.05) is 36.4 Å². The van der Waals surface area contributed by atoms with Gasteiger partial charge in [0.1, 0.15) is 23.9 Å². The van der Waals surface area contributed by atoms with Gasteiger partial charge in [-0.05, 0) is 47.2 Å². The lowest BCUT2D eigenvalue weighted by atomic mass is 10.0. The highest BCUT2D eigenvalue weighted by Gasteiger charge is 2.44. The van der Waals surface area contributed by atoms with E-state index in [4.69, 9.17) is 0 Å². The molecule has 3 aromatic rings. The molecule has 0 radical (unpaired) electrons. The zero-order valence-electron chi connectivity index (χ0n) is 21.1. The Bertz CT molecular complexity index is 1410. The molecular weight excluding hydrogens is 501 g/mol. The van der Waals surface area contributed by atoms with Gasteiger partial charge in [0, 0.05) is 12.8 Å². The van der Waals surface area contributed by atoms with Gasteiger partial charge < -0.3 is 15.7 Å². The molecule has 3 aromatic carbocycles. The molecule has 0 bridgehead atoms. The van der Waals surface area contributed by atoms with E-state index >= 15 is 0 Å². The first-order chi connectivity index (χ1) is 18.8. The molecule has 8 nitrogen and oxygen atoms in total. The van der Waals surface area contributed by atoms with E-state index in [0.29, 0.717) is 17.7 Å². The third-order valence-electron chi connectivity index (χ3n) is 7.22. The second-order valence-electron chi connectivity index (χ2n) is 9.90. The maximum atomic E-state index is 13.6. The number of hydrogen-bond acceptors (Lipinski definition) is 4. The van der Waals surface area contributed by atoms with Crippen LogP contribution in [-0.2, 0) is 44.9 Å². The number of aryl methyl sites for hydroxylation is 1. The summed E-state index contributed by atoms with van der Waals surface area (Å²) in [5, 5.41) is 15.4. The van der Waals surface area contributed by atoms with Crippen LogP contribution in [0.2, 0.25) is 0 Å². The third-order valence-corrected chi connectivity index (χ3v) is 7.22. The van der Waals surface area contributed by atoms with Crippen molar-refractivity contribution in [1.29, 1.82) is 0 Å². The van der Waals surface area contributed by atoms with Crippen molar-refractivity contribution in [2.75, 3.05) is 4.90 Å². The number of carboxylic acid groups (broad SMARTS) is 1. The number of nitrogens with one attached hydrogen (secondary N) is 2. The molecule has 3 amide bonds. The molecule has 0 saturated carbocycles. The van der Waals surface area contributed by atoms with Crippen LogP contribution in [0.15, 0.2) is 72.8 Å². The Morgan fingerprint density at radius 2 is 1.67 bits per heavy atom. The third kappa shape index (κ3) is 5.67. The van der Waals surface area contributed by atoms with Crippen molar-refractivity contribution < 1.29 is 28.7 Å². The minimum atomic E-state index is -1.11. The van der Waals surface area contributed by atoms with Crippen LogP contribution >= 0.6 is 0 Å². The molecule has 2 aliphatic rings. The fraction of sp³-hybridized carbons (Fsp3) is 0.267. The van der Waals surface area contributed by atoms with Crippen molar-refractivity contribution in [1.82, 2.24) is 10.6 Å². The Balaban J connectivity index is 1.36. The molecule has 39 heavy (non-hydrogen) atoms. The van der Waals surface area contributed by atoms with Gasteiger partial charge in [0.2, 0.25) is 17.7 Å². The van der Waals surface area contributed by atoms with Crippen LogP contribution < -0.4 is 15.5 Å². The average Bonchev–Trinajstić information content (AvgIpc) is 3.26. The number of nitrogens with zero attached hydrogens (tertiary/aromatic N) is 1. The number of carboxylic acids is 1. The molecule has 9 heteroatoms. The van der Waals surface area contributed by atoms with Gasteiger partial charge in [0.05, 0.1) is 12.1 Å². The quantitative estimate of drug-likeness (QED) is 0.415. The topological polar surface area (TPSA) is 116 Å². The molecule has 5 rings (SSSR count). The number of benzene rings is 3. The van der Waals surface area contributed by atoms with Crippen LogP contribution in [0.3, 0.4) is 0 Å². The van der Waals surface area contributed by atoms with E-state index < -0.39 is 41.7 Å². The summed E-state index contributed by atoms with van der Waals surface area (Å²) >= 11 is 0. The summed E-state index contributed by atoms with van der Waals surface area (Å²) in [7, 11) is 0. The summed E-state index contributed by atoms with van der Waals surface area (Å²) in [6, 6.07) is 17.2. The highest BCUT2D eigenvalue weighted by molar-refractivity contribution is 6.07. The summed E-state index contributed by atoms with van der Waals surface area (Å²) in [6.07, 6.45) is 1.10. The summed E-state index contributed by atoms with van der Waals surface area (Å²) in [5.41, 5.74) is 3.68. The first kappa shape index (κ1) is 26.1. The first-order valence-electron chi connectivity index (χ1n) is 12.8. The minimum absolute atomic E-state index is 0.0581. The molecule has 2 heterocycles. The second kappa shape index (κ2) is 11.1. The lowest BCUT2D eigenvalue weighted by Crippen LogP contribution is -2.56. The van der Waals surface area contributed by atoms with Crippen molar-refractivity contribution in [2.45, 2.75) is 50.2 Å². The van der Waals surface area contributed by atoms with Gasteiger partial charge >= 0.3 is 5.97 Å². The van der Waals surface area contributed by atoms with Crippen molar-refractivity contribution in [3.05, 3.63) is 101 Å². The lowest BCUT2D eigenvalue weighted by Gasteiger charge is -2.27. The van der Waals surface area contributed by atoms with E-state index in [1.165, 1.54) is 29.2 Å². The number of anilines is 1. The molecule has 0 aromatic heterocycles. The molecule has 0 saturated heterocycles. The van der Waals surface area contributed by atoms with Crippen molar-refractivity contribution >= 4 is 29.4 Å². The standard InChI is InChI=1S/C30H28FN3O5/c31-22-12-9-19(10-13-22)15-24(32-26(35)16-18-5-2-1-3-6-18)28(36)33-23-14-11-20-7-4-8-21-17-25(30(38)39)34(27(20)21)29(23)37/h1-10,12-13,23-25H,11,14-17H2,(H,32,35)(H,33,36)(H,38,39)/t23-,24-,25-/m0/s1. The van der Waals surface area contributed by atoms with Gasteiger partial charge in [-0.1, -0.05) is 60.7 Å². The molecule has 2 aliphatic heterocycles. The number of amides is 3. The summed E-state index contributed by atoms with van der Waals surface area (Å²) in [6.45, 7) is 0. The van der Waals surface area contributed by atoms with E-state index in [1.54, 1.807) is 12.1 Å². The maximum absolute atomic E-state index is 13.6. The van der Waals surface area contributed by atoms with Gasteiger partial charge in [0.15, 0.2) is 0 Å². The van der Waals surface area contributed by atoms with Crippen LogP contribution in [-0.4, -0.2) is 46.9 Å². The van der Waals surface area contributed by atoms with Gasteiger partial charge in [-0.3, -0.25) is 19.3 Å². The molecule has 0 unspecified atom stereocenters. The number of aliphatic carboxylic acids is 1.